The van der Waals surface area contributed by atoms with Crippen molar-refractivity contribution >= 4 is 17.3 Å². The number of halogens is 3. The summed E-state index contributed by atoms with van der Waals surface area (Å²) in [6.07, 6.45) is 1.74. The maximum absolute atomic E-state index is 10.6. The van der Waals surface area contributed by atoms with Crippen LogP contribution in [-0.4, -0.2) is 93.3 Å². The van der Waals surface area contributed by atoms with Crippen LogP contribution in [0.3, 0.4) is 0 Å². The summed E-state index contributed by atoms with van der Waals surface area (Å²) in [7, 11) is 1.64. The minimum Gasteiger partial charge on any atom is -0.495 e. The first kappa shape index (κ1) is 31.0. The number of nitriles is 1. The Morgan fingerprint density at radius 2 is 1.81 bits per heavy atom. The Labute approximate surface area is 244 Å². The standard InChI is InChI=1S/C26H27N7O3.C2HF3O2/c1-35-22-4-3-21(28-16-22)17-31-6-8-32(9-7-31)25-5-2-19(14-29-25)24-12-23(36-11-10-34)18-33-26(24)20(13-27)15-30-33;3-2(4,5)1(6)7/h2-5,12,14-16,18,34H,6-11,17H2,1H3;(H,6,7). The monoisotopic (exact) mass is 599 g/mol. The summed E-state index contributed by atoms with van der Waals surface area (Å²) < 4.78 is 44.2. The number of carboxylic acids is 1. The van der Waals surface area contributed by atoms with Crippen molar-refractivity contribution in [2.24, 2.45) is 0 Å². The fourth-order valence-electron chi connectivity index (χ4n) is 4.36. The van der Waals surface area contributed by atoms with E-state index in [0.717, 1.165) is 61.1 Å². The number of hydrogen-bond acceptors (Lipinski definition) is 10. The van der Waals surface area contributed by atoms with Gasteiger partial charge in [0.25, 0.3) is 0 Å². The second-order valence-corrected chi connectivity index (χ2v) is 9.29. The van der Waals surface area contributed by atoms with Crippen molar-refractivity contribution in [3.05, 3.63) is 66.4 Å². The zero-order chi connectivity index (χ0) is 31.0. The zero-order valence-electron chi connectivity index (χ0n) is 23.0. The highest BCUT2D eigenvalue weighted by molar-refractivity contribution is 5.85. The van der Waals surface area contributed by atoms with Gasteiger partial charge >= 0.3 is 12.1 Å². The first-order valence-electron chi connectivity index (χ1n) is 13.0. The molecule has 4 aromatic rings. The lowest BCUT2D eigenvalue weighted by atomic mass is 10.1. The van der Waals surface area contributed by atoms with E-state index in [1.807, 2.05) is 36.5 Å². The van der Waals surface area contributed by atoms with Gasteiger partial charge in [-0.05, 0) is 30.3 Å². The van der Waals surface area contributed by atoms with Crippen LogP contribution >= 0.6 is 0 Å². The summed E-state index contributed by atoms with van der Waals surface area (Å²) in [5.74, 6) is -0.516. The van der Waals surface area contributed by atoms with E-state index >= 15 is 0 Å². The topological polar surface area (TPSA) is 149 Å². The molecule has 0 amide bonds. The Morgan fingerprint density at radius 3 is 2.37 bits per heavy atom. The highest BCUT2D eigenvalue weighted by atomic mass is 19.4. The predicted molar refractivity (Wildman–Crippen MR) is 148 cm³/mol. The van der Waals surface area contributed by atoms with Crippen molar-refractivity contribution in [3.8, 4) is 28.7 Å². The quantitative estimate of drug-likeness (QED) is 0.308. The maximum atomic E-state index is 10.6. The Balaban J connectivity index is 0.000000541. The number of methoxy groups -OCH3 is 1. The normalized spacial score (nSPS) is 13.6. The van der Waals surface area contributed by atoms with E-state index in [1.165, 1.54) is 6.20 Å². The third-order valence-corrected chi connectivity index (χ3v) is 6.48. The number of rotatable bonds is 8. The molecule has 0 unspecified atom stereocenters. The van der Waals surface area contributed by atoms with E-state index in [-0.39, 0.29) is 13.2 Å². The van der Waals surface area contributed by atoms with E-state index in [9.17, 15) is 18.4 Å². The van der Waals surface area contributed by atoms with E-state index in [4.69, 9.17) is 29.5 Å². The van der Waals surface area contributed by atoms with E-state index in [1.54, 1.807) is 24.0 Å². The highest BCUT2D eigenvalue weighted by Gasteiger charge is 2.38. The summed E-state index contributed by atoms with van der Waals surface area (Å²) in [6.45, 7) is 4.48. The van der Waals surface area contributed by atoms with Crippen molar-refractivity contribution in [2.75, 3.05) is 51.4 Å². The molecule has 226 valence electrons. The third kappa shape index (κ3) is 7.87. The number of aliphatic hydroxyl groups excluding tert-OH is 1. The molecule has 1 saturated heterocycles. The van der Waals surface area contributed by atoms with Crippen LogP contribution in [0.2, 0.25) is 0 Å². The number of carboxylic acid groups (broad SMARTS) is 1. The van der Waals surface area contributed by atoms with Gasteiger partial charge in [-0.3, -0.25) is 9.88 Å². The number of piperazine rings is 1. The van der Waals surface area contributed by atoms with Gasteiger partial charge in [-0.1, -0.05) is 0 Å². The third-order valence-electron chi connectivity index (χ3n) is 6.48. The molecule has 0 bridgehead atoms. The molecular formula is C28H28F3N7O5. The van der Waals surface area contributed by atoms with Gasteiger partial charge in [-0.15, -0.1) is 0 Å². The lowest BCUT2D eigenvalue weighted by molar-refractivity contribution is -0.192. The molecule has 0 spiro atoms. The summed E-state index contributed by atoms with van der Waals surface area (Å²) in [5, 5.41) is 30.1. The molecule has 5 rings (SSSR count). The van der Waals surface area contributed by atoms with Crippen LogP contribution in [0.15, 0.2) is 55.1 Å². The molecule has 0 atom stereocenters. The Bertz CT molecular complexity index is 1560. The van der Waals surface area contributed by atoms with Gasteiger partial charge in [-0.25, -0.2) is 14.3 Å². The van der Waals surface area contributed by atoms with Crippen LogP contribution in [0.1, 0.15) is 11.3 Å². The van der Waals surface area contributed by atoms with Crippen molar-refractivity contribution in [1.29, 1.82) is 5.26 Å². The molecule has 12 nitrogen and oxygen atoms in total. The number of alkyl halides is 3. The van der Waals surface area contributed by atoms with Crippen molar-refractivity contribution in [2.45, 2.75) is 12.7 Å². The number of aliphatic carboxylic acids is 1. The molecule has 1 fully saturated rings. The SMILES string of the molecule is COc1ccc(CN2CCN(c3ccc(-c4cc(OCCO)cn5ncc(C#N)c45)cn3)CC2)nc1.O=C(O)C(F)(F)F. The van der Waals surface area contributed by atoms with Gasteiger partial charge in [0, 0.05) is 50.0 Å². The van der Waals surface area contributed by atoms with Crippen molar-refractivity contribution in [1.82, 2.24) is 24.5 Å². The van der Waals surface area contributed by atoms with Gasteiger partial charge in [0.05, 0.1) is 49.1 Å². The first-order valence-corrected chi connectivity index (χ1v) is 13.0. The van der Waals surface area contributed by atoms with Crippen LogP contribution in [0.4, 0.5) is 19.0 Å². The van der Waals surface area contributed by atoms with E-state index in [0.29, 0.717) is 16.8 Å². The second-order valence-electron chi connectivity index (χ2n) is 9.29. The van der Waals surface area contributed by atoms with Gasteiger partial charge < -0.3 is 24.6 Å². The number of aliphatic hydroxyl groups is 1. The molecule has 15 heteroatoms. The van der Waals surface area contributed by atoms with Crippen molar-refractivity contribution < 1.29 is 37.7 Å². The van der Waals surface area contributed by atoms with E-state index < -0.39 is 12.1 Å². The molecule has 2 N–H and O–H groups in total. The number of anilines is 1. The molecule has 0 aliphatic carbocycles. The first-order chi connectivity index (χ1) is 20.6. The average Bonchev–Trinajstić information content (AvgIpc) is 3.43. The molecule has 4 aromatic heterocycles. The minimum absolute atomic E-state index is 0.0873. The van der Waals surface area contributed by atoms with Gasteiger partial charge in [-0.2, -0.15) is 23.5 Å². The lowest BCUT2D eigenvalue weighted by Gasteiger charge is -2.35. The second kappa shape index (κ2) is 13.8. The van der Waals surface area contributed by atoms with Crippen LogP contribution in [0.25, 0.3) is 16.6 Å². The molecule has 1 aliphatic heterocycles. The molecular weight excluding hydrogens is 571 g/mol. The largest absolute Gasteiger partial charge is 0.495 e. The number of fused-ring (bicyclic) bond motifs is 1. The summed E-state index contributed by atoms with van der Waals surface area (Å²) in [5.41, 5.74) is 3.86. The Hall–Kier alpha value is -4.94. The fraction of sp³-hybridized carbons (Fsp3) is 0.321. The van der Waals surface area contributed by atoms with E-state index in [2.05, 4.69) is 26.0 Å². The molecule has 43 heavy (non-hydrogen) atoms. The number of hydrogen-bond donors (Lipinski definition) is 2. The molecule has 0 aromatic carbocycles. The summed E-state index contributed by atoms with van der Waals surface area (Å²) >= 11 is 0. The smallest absolute Gasteiger partial charge is 0.490 e. The predicted octanol–water partition coefficient (Wildman–Crippen LogP) is 3.00. The van der Waals surface area contributed by atoms with Gasteiger partial charge in [0.1, 0.15) is 30.0 Å². The number of carbonyl (C=O) groups is 1. The van der Waals surface area contributed by atoms with Crippen LogP contribution < -0.4 is 14.4 Å². The average molecular weight is 600 g/mol. The summed E-state index contributed by atoms with van der Waals surface area (Å²) in [4.78, 5) is 22.8. The maximum Gasteiger partial charge on any atom is 0.490 e. The van der Waals surface area contributed by atoms with Crippen LogP contribution in [-0.2, 0) is 11.3 Å². The fourth-order valence-corrected chi connectivity index (χ4v) is 4.36. The van der Waals surface area contributed by atoms with Gasteiger partial charge in [0.15, 0.2) is 0 Å². The number of pyridine rings is 3. The minimum atomic E-state index is -5.08. The molecule has 0 saturated carbocycles. The molecule has 5 heterocycles. The Morgan fingerprint density at radius 1 is 1.07 bits per heavy atom. The lowest BCUT2D eigenvalue weighted by Crippen LogP contribution is -2.46. The number of aromatic nitrogens is 4. The number of ether oxygens (including phenoxy) is 2. The molecule has 0 radical (unpaired) electrons. The van der Waals surface area contributed by atoms with Crippen LogP contribution in [0.5, 0.6) is 11.5 Å². The Kier molecular flexibility index (Phi) is 9.96. The summed E-state index contributed by atoms with van der Waals surface area (Å²) in [6, 6.07) is 12.0. The van der Waals surface area contributed by atoms with Crippen molar-refractivity contribution in [3.63, 3.8) is 0 Å². The highest BCUT2D eigenvalue weighted by Crippen LogP contribution is 2.31. The number of nitrogens with zero attached hydrogens (tertiary/aromatic N) is 7. The van der Waals surface area contributed by atoms with Gasteiger partial charge in [0.2, 0.25) is 0 Å². The zero-order valence-corrected chi connectivity index (χ0v) is 23.0. The van der Waals surface area contributed by atoms with Crippen LogP contribution in [0, 0.1) is 11.3 Å². The molecule has 1 aliphatic rings.